The summed E-state index contributed by atoms with van der Waals surface area (Å²) in [5.41, 5.74) is 1.38. The number of rotatable bonds is 5. The Morgan fingerprint density at radius 3 is 2.95 bits per heavy atom. The summed E-state index contributed by atoms with van der Waals surface area (Å²) < 4.78 is 31.1. The number of aliphatic hydroxyl groups excluding tert-OH is 1. The molecule has 1 aliphatic rings. The molecule has 0 fully saturated rings. The van der Waals surface area contributed by atoms with E-state index in [2.05, 4.69) is 10.2 Å². The number of H-pyrrole nitrogens is 1. The fourth-order valence-corrected chi connectivity index (χ4v) is 3.47. The second-order valence-corrected chi connectivity index (χ2v) is 6.17. The molecule has 0 aromatic carbocycles. The number of aliphatic hydroxyl groups is 1. The van der Waals surface area contributed by atoms with Crippen LogP contribution >= 0.6 is 0 Å². The van der Waals surface area contributed by atoms with Gasteiger partial charge in [0, 0.05) is 25.8 Å². The maximum Gasteiger partial charge on any atom is 0.260 e. The number of hydrogen-bond donors (Lipinski definition) is 2. The van der Waals surface area contributed by atoms with Crippen LogP contribution in [-0.2, 0) is 21.4 Å². The summed E-state index contributed by atoms with van der Waals surface area (Å²) >= 11 is 0. The maximum atomic E-state index is 12.4. The quantitative estimate of drug-likeness (QED) is 0.735. The zero-order chi connectivity index (χ0) is 13.9. The Morgan fingerprint density at radius 1 is 1.58 bits per heavy atom. The van der Waals surface area contributed by atoms with Crippen molar-refractivity contribution in [3.05, 3.63) is 23.4 Å². The molecule has 0 radical (unpaired) electrons. The van der Waals surface area contributed by atoms with Crippen molar-refractivity contribution in [2.75, 3.05) is 26.8 Å². The Balaban J connectivity index is 2.19. The molecule has 0 bridgehead atoms. The summed E-state index contributed by atoms with van der Waals surface area (Å²) in [5.74, 6) is 0. The minimum absolute atomic E-state index is 0.0291. The highest BCUT2D eigenvalue weighted by Crippen LogP contribution is 2.21. The van der Waals surface area contributed by atoms with Gasteiger partial charge in [-0.1, -0.05) is 6.08 Å². The summed E-state index contributed by atoms with van der Waals surface area (Å²) in [6, 6.07) is 0. The lowest BCUT2D eigenvalue weighted by Crippen LogP contribution is -2.36. The lowest BCUT2D eigenvalue weighted by molar-refractivity contribution is 0.219. The molecule has 2 rings (SSSR count). The number of nitrogens with one attached hydrogen (secondary N) is 1. The molecule has 1 aliphatic heterocycles. The largest absolute Gasteiger partial charge is 0.392 e. The molecule has 8 heteroatoms. The first kappa shape index (κ1) is 14.2. The van der Waals surface area contributed by atoms with Crippen molar-refractivity contribution < 1.29 is 18.3 Å². The van der Waals surface area contributed by atoms with Crippen molar-refractivity contribution in [1.82, 2.24) is 14.5 Å². The van der Waals surface area contributed by atoms with Crippen molar-refractivity contribution in [2.45, 2.75) is 18.1 Å². The van der Waals surface area contributed by atoms with Gasteiger partial charge in [0.1, 0.15) is 0 Å². The molecule has 1 aromatic heterocycles. The molecule has 0 atom stereocenters. The molecule has 0 saturated heterocycles. The zero-order valence-electron chi connectivity index (χ0n) is 10.7. The van der Waals surface area contributed by atoms with Gasteiger partial charge in [-0.2, -0.15) is 9.40 Å². The van der Waals surface area contributed by atoms with Gasteiger partial charge in [-0.15, -0.1) is 0 Å². The predicted octanol–water partition coefficient (Wildman–Crippen LogP) is -0.131. The summed E-state index contributed by atoms with van der Waals surface area (Å²) in [7, 11) is -2.02. The molecular weight excluding hydrogens is 270 g/mol. The smallest absolute Gasteiger partial charge is 0.260 e. The van der Waals surface area contributed by atoms with Gasteiger partial charge in [-0.05, 0) is 12.0 Å². The van der Waals surface area contributed by atoms with Gasteiger partial charge in [-0.25, -0.2) is 8.42 Å². The summed E-state index contributed by atoms with van der Waals surface area (Å²) in [6.07, 6.45) is 3.83. The van der Waals surface area contributed by atoms with Crippen LogP contribution in [0.1, 0.15) is 12.0 Å². The molecule has 2 N–H and O–H groups in total. The Kier molecular flexibility index (Phi) is 4.35. The van der Waals surface area contributed by atoms with Gasteiger partial charge in [0.2, 0.25) is 0 Å². The van der Waals surface area contributed by atoms with Crippen LogP contribution in [0.4, 0.5) is 0 Å². The summed E-state index contributed by atoms with van der Waals surface area (Å²) in [5, 5.41) is 15.2. The molecule has 2 heterocycles. The van der Waals surface area contributed by atoms with E-state index in [1.165, 1.54) is 10.5 Å². The molecule has 0 aliphatic carbocycles. The number of nitrogens with zero attached hydrogens (tertiary/aromatic N) is 2. The average Bonchev–Trinajstić information content (AvgIpc) is 2.89. The van der Waals surface area contributed by atoms with Gasteiger partial charge in [0.05, 0.1) is 19.4 Å². The monoisotopic (exact) mass is 287 g/mol. The summed E-state index contributed by atoms with van der Waals surface area (Å²) in [4.78, 5) is 0. The molecule has 0 spiro atoms. The molecule has 19 heavy (non-hydrogen) atoms. The Morgan fingerprint density at radius 2 is 2.37 bits per heavy atom. The Bertz CT molecular complexity index is 564. The van der Waals surface area contributed by atoms with Gasteiger partial charge >= 0.3 is 0 Å². The van der Waals surface area contributed by atoms with Crippen LogP contribution in [0.2, 0.25) is 0 Å². The number of aromatic amines is 1. The van der Waals surface area contributed by atoms with Crippen molar-refractivity contribution in [3.63, 3.8) is 0 Å². The number of ether oxygens (including phenoxy) is 1. The van der Waals surface area contributed by atoms with Crippen LogP contribution in [0, 0.1) is 0 Å². The van der Waals surface area contributed by atoms with Gasteiger partial charge in [-0.3, -0.25) is 5.10 Å². The van der Waals surface area contributed by atoms with E-state index in [4.69, 9.17) is 9.84 Å². The van der Waals surface area contributed by atoms with Crippen LogP contribution in [0.5, 0.6) is 0 Å². The van der Waals surface area contributed by atoms with Crippen LogP contribution in [-0.4, -0.2) is 54.8 Å². The third-order valence-electron chi connectivity index (χ3n) is 3.04. The van der Waals surface area contributed by atoms with E-state index in [0.717, 1.165) is 5.57 Å². The normalized spacial score (nSPS) is 17.5. The van der Waals surface area contributed by atoms with Crippen molar-refractivity contribution in [3.8, 4) is 0 Å². The topological polar surface area (TPSA) is 95.5 Å². The van der Waals surface area contributed by atoms with E-state index in [1.807, 2.05) is 6.08 Å². The summed E-state index contributed by atoms with van der Waals surface area (Å²) in [6.45, 7) is 0.885. The first-order chi connectivity index (χ1) is 9.09. The number of aromatic nitrogens is 2. The van der Waals surface area contributed by atoms with Crippen molar-refractivity contribution >= 4 is 10.0 Å². The zero-order valence-corrected chi connectivity index (χ0v) is 11.5. The van der Waals surface area contributed by atoms with Gasteiger partial charge < -0.3 is 9.84 Å². The highest BCUT2D eigenvalue weighted by Gasteiger charge is 2.29. The fourth-order valence-electron chi connectivity index (χ4n) is 1.99. The third kappa shape index (κ3) is 2.86. The number of sulfonamides is 1. The van der Waals surface area contributed by atoms with E-state index in [1.54, 1.807) is 7.11 Å². The minimum atomic E-state index is -3.63. The number of methoxy groups -OCH3 is 1. The molecule has 7 nitrogen and oxygen atoms in total. The average molecular weight is 287 g/mol. The van der Waals surface area contributed by atoms with Crippen LogP contribution in [0.15, 0.2) is 22.9 Å². The SMILES string of the molecule is COCC1=CCN(S(=O)(=O)c2[nH]ncc2CO)CC1. The van der Waals surface area contributed by atoms with Crippen molar-refractivity contribution in [1.29, 1.82) is 0 Å². The third-order valence-corrected chi connectivity index (χ3v) is 4.92. The van der Waals surface area contributed by atoms with Gasteiger partial charge in [0.15, 0.2) is 5.03 Å². The molecule has 106 valence electrons. The first-order valence-electron chi connectivity index (χ1n) is 5.89. The minimum Gasteiger partial charge on any atom is -0.392 e. The van der Waals surface area contributed by atoms with Crippen molar-refractivity contribution in [2.24, 2.45) is 0 Å². The molecule has 0 unspecified atom stereocenters. The fraction of sp³-hybridized carbons (Fsp3) is 0.545. The maximum absolute atomic E-state index is 12.4. The van der Waals surface area contributed by atoms with E-state index in [0.29, 0.717) is 26.1 Å². The van der Waals surface area contributed by atoms with E-state index in [9.17, 15) is 8.42 Å². The molecule has 1 aromatic rings. The lowest BCUT2D eigenvalue weighted by Gasteiger charge is -2.25. The Hall–Kier alpha value is -1.22. The Labute approximate surface area is 111 Å². The van der Waals surface area contributed by atoms with E-state index < -0.39 is 10.0 Å². The van der Waals surface area contributed by atoms with E-state index >= 15 is 0 Å². The second kappa shape index (κ2) is 5.83. The predicted molar refractivity (Wildman–Crippen MR) is 67.8 cm³/mol. The molecule has 0 saturated carbocycles. The lowest BCUT2D eigenvalue weighted by atomic mass is 10.1. The van der Waals surface area contributed by atoms with E-state index in [-0.39, 0.29) is 17.2 Å². The highest BCUT2D eigenvalue weighted by molar-refractivity contribution is 7.89. The standard InChI is InChI=1S/C11H17N3O4S/c1-18-8-9-2-4-14(5-3-9)19(16,17)11-10(7-15)6-12-13-11/h2,6,15H,3-5,7-8H2,1H3,(H,12,13). The second-order valence-electron chi connectivity index (χ2n) is 4.29. The van der Waals surface area contributed by atoms with Gasteiger partial charge in [0.25, 0.3) is 10.0 Å². The van der Waals surface area contributed by atoms with Crippen LogP contribution in [0.25, 0.3) is 0 Å². The molecule has 0 amide bonds. The highest BCUT2D eigenvalue weighted by atomic mass is 32.2. The number of hydrogen-bond acceptors (Lipinski definition) is 5. The van der Waals surface area contributed by atoms with Crippen LogP contribution in [0.3, 0.4) is 0 Å². The first-order valence-corrected chi connectivity index (χ1v) is 7.33. The molecular formula is C11H17N3O4S. The van der Waals surface area contributed by atoms with Crippen LogP contribution < -0.4 is 0 Å².